The van der Waals surface area contributed by atoms with Crippen molar-refractivity contribution in [3.8, 4) is 5.88 Å². The van der Waals surface area contributed by atoms with Gasteiger partial charge in [-0.3, -0.25) is 5.21 Å². The normalized spacial score (nSPS) is 10.2. The molecule has 1 heterocycles. The molecule has 0 aliphatic rings. The summed E-state index contributed by atoms with van der Waals surface area (Å²) >= 11 is 0. The van der Waals surface area contributed by atoms with Crippen LogP contribution in [0.4, 0.5) is 17.5 Å². The minimum Gasteiger partial charge on any atom is -0.476 e. The van der Waals surface area contributed by atoms with Crippen molar-refractivity contribution < 1.29 is 9.94 Å². The summed E-state index contributed by atoms with van der Waals surface area (Å²) in [6.45, 7) is 4.45. The molecule has 96 valence electrons. The lowest BCUT2D eigenvalue weighted by Crippen LogP contribution is -2.23. The highest BCUT2D eigenvalue weighted by Crippen LogP contribution is 2.30. The van der Waals surface area contributed by atoms with Crippen molar-refractivity contribution in [2.45, 2.75) is 13.8 Å². The Bertz CT molecular complexity index is 383. The fourth-order valence-electron chi connectivity index (χ4n) is 1.22. The van der Waals surface area contributed by atoms with E-state index in [2.05, 4.69) is 9.97 Å². The van der Waals surface area contributed by atoms with Gasteiger partial charge in [-0.15, -0.1) is 0 Å². The summed E-state index contributed by atoms with van der Waals surface area (Å²) in [5.74, 6) is 0.980. The van der Waals surface area contributed by atoms with Gasteiger partial charge in [0.2, 0.25) is 11.8 Å². The van der Waals surface area contributed by atoms with E-state index in [4.69, 9.17) is 10.5 Å². The molecular weight excluding hydrogens is 222 g/mol. The second-order valence-corrected chi connectivity index (χ2v) is 3.61. The number of rotatable bonds is 5. The lowest BCUT2D eigenvalue weighted by molar-refractivity contribution is 0.256. The van der Waals surface area contributed by atoms with Gasteiger partial charge >= 0.3 is 0 Å². The number of aromatic nitrogens is 2. The molecule has 0 aliphatic carbocycles. The first-order valence-electron chi connectivity index (χ1n) is 5.45. The Balaban J connectivity index is 3.27. The molecule has 0 amide bonds. The number of nitrogens with zero attached hydrogens (tertiary/aromatic N) is 4. The first-order valence-corrected chi connectivity index (χ1v) is 5.45. The molecule has 7 heteroatoms. The van der Waals surface area contributed by atoms with Crippen molar-refractivity contribution in [1.29, 1.82) is 0 Å². The molecule has 0 radical (unpaired) electrons. The monoisotopic (exact) mass is 241 g/mol. The Hall–Kier alpha value is -1.76. The Morgan fingerprint density at radius 2 is 1.94 bits per heavy atom. The van der Waals surface area contributed by atoms with E-state index >= 15 is 0 Å². The van der Waals surface area contributed by atoms with Crippen LogP contribution in [-0.4, -0.2) is 42.4 Å². The van der Waals surface area contributed by atoms with E-state index in [0.29, 0.717) is 19.1 Å². The third-order valence-electron chi connectivity index (χ3n) is 2.10. The molecule has 0 saturated heterocycles. The Labute approximate surface area is 101 Å². The van der Waals surface area contributed by atoms with Crippen LogP contribution in [-0.2, 0) is 0 Å². The van der Waals surface area contributed by atoms with Gasteiger partial charge in [-0.1, -0.05) is 0 Å². The first-order chi connectivity index (χ1) is 8.01. The average Bonchev–Trinajstić information content (AvgIpc) is 2.30. The van der Waals surface area contributed by atoms with Gasteiger partial charge in [0, 0.05) is 20.6 Å². The van der Waals surface area contributed by atoms with Crippen LogP contribution < -0.4 is 20.4 Å². The molecule has 0 aliphatic heterocycles. The molecule has 17 heavy (non-hydrogen) atoms. The zero-order chi connectivity index (χ0) is 13.0. The van der Waals surface area contributed by atoms with Gasteiger partial charge in [0.05, 0.1) is 6.61 Å². The fraction of sp³-hybridized carbons (Fsp3) is 0.600. The molecule has 0 atom stereocenters. The van der Waals surface area contributed by atoms with E-state index in [9.17, 15) is 5.21 Å². The zero-order valence-electron chi connectivity index (χ0n) is 10.6. The van der Waals surface area contributed by atoms with E-state index in [1.54, 1.807) is 25.9 Å². The maximum Gasteiger partial charge on any atom is 0.244 e. The second kappa shape index (κ2) is 5.53. The van der Waals surface area contributed by atoms with Crippen LogP contribution in [0.2, 0.25) is 0 Å². The van der Waals surface area contributed by atoms with Crippen LogP contribution in [0, 0.1) is 0 Å². The number of hydrogen-bond donors (Lipinski definition) is 2. The summed E-state index contributed by atoms with van der Waals surface area (Å²) < 4.78 is 5.32. The predicted molar refractivity (Wildman–Crippen MR) is 66.7 cm³/mol. The maximum absolute atomic E-state index is 9.70. The van der Waals surface area contributed by atoms with Crippen LogP contribution in [0.25, 0.3) is 0 Å². The van der Waals surface area contributed by atoms with Gasteiger partial charge in [0.1, 0.15) is 5.69 Å². The third-order valence-corrected chi connectivity index (χ3v) is 2.10. The number of nitrogen functional groups attached to an aromatic ring is 1. The standard InChI is InChI=1S/C10H19N5O2/c1-5-15(16)8-7(11)9(17-6-2)13-10(12-8)14(3)4/h16H,5-6,11H2,1-4H3. The Kier molecular flexibility index (Phi) is 4.33. The third kappa shape index (κ3) is 2.88. The number of ether oxygens (including phenoxy) is 1. The van der Waals surface area contributed by atoms with E-state index in [1.807, 2.05) is 6.92 Å². The Morgan fingerprint density at radius 3 is 2.41 bits per heavy atom. The van der Waals surface area contributed by atoms with E-state index in [0.717, 1.165) is 5.06 Å². The molecule has 0 fully saturated rings. The predicted octanol–water partition coefficient (Wildman–Crippen LogP) is 0.739. The minimum atomic E-state index is 0.238. The number of nitrogens with two attached hydrogens (primary N) is 1. The first kappa shape index (κ1) is 13.3. The fourth-order valence-corrected chi connectivity index (χ4v) is 1.22. The summed E-state index contributed by atoms with van der Waals surface area (Å²) in [6, 6.07) is 0. The largest absolute Gasteiger partial charge is 0.476 e. The summed E-state index contributed by atoms with van der Waals surface area (Å²) in [4.78, 5) is 10.1. The topological polar surface area (TPSA) is 87.7 Å². The van der Waals surface area contributed by atoms with Crippen LogP contribution in [0.5, 0.6) is 5.88 Å². The number of hydrogen-bond acceptors (Lipinski definition) is 7. The molecule has 0 spiro atoms. The maximum atomic E-state index is 9.70. The molecule has 0 saturated carbocycles. The summed E-state index contributed by atoms with van der Waals surface area (Å²) in [5, 5.41) is 10.7. The molecule has 1 rings (SSSR count). The highest BCUT2D eigenvalue weighted by Gasteiger charge is 2.17. The van der Waals surface area contributed by atoms with Crippen LogP contribution in [0.1, 0.15) is 13.8 Å². The van der Waals surface area contributed by atoms with Crippen molar-refractivity contribution in [1.82, 2.24) is 9.97 Å². The number of anilines is 3. The molecule has 7 nitrogen and oxygen atoms in total. The summed E-state index contributed by atoms with van der Waals surface area (Å²) in [6.07, 6.45) is 0. The van der Waals surface area contributed by atoms with Gasteiger partial charge in [-0.25, -0.2) is 5.06 Å². The highest BCUT2D eigenvalue weighted by atomic mass is 16.5. The molecule has 0 aromatic carbocycles. The van der Waals surface area contributed by atoms with Crippen molar-refractivity contribution >= 4 is 17.5 Å². The van der Waals surface area contributed by atoms with Crippen molar-refractivity contribution in [2.24, 2.45) is 0 Å². The van der Waals surface area contributed by atoms with Crippen molar-refractivity contribution in [2.75, 3.05) is 42.9 Å². The van der Waals surface area contributed by atoms with E-state index in [1.165, 1.54) is 0 Å². The van der Waals surface area contributed by atoms with Gasteiger partial charge in [-0.2, -0.15) is 9.97 Å². The molecule has 0 bridgehead atoms. The smallest absolute Gasteiger partial charge is 0.244 e. The second-order valence-electron chi connectivity index (χ2n) is 3.61. The molecule has 1 aromatic heterocycles. The van der Waals surface area contributed by atoms with E-state index in [-0.39, 0.29) is 17.4 Å². The van der Waals surface area contributed by atoms with Crippen molar-refractivity contribution in [3.63, 3.8) is 0 Å². The minimum absolute atomic E-state index is 0.238. The van der Waals surface area contributed by atoms with Crippen LogP contribution >= 0.6 is 0 Å². The van der Waals surface area contributed by atoms with E-state index < -0.39 is 0 Å². The SMILES string of the molecule is CCOc1nc(N(C)C)nc(N(O)CC)c1N. The highest BCUT2D eigenvalue weighted by molar-refractivity contribution is 5.69. The summed E-state index contributed by atoms with van der Waals surface area (Å²) in [5.41, 5.74) is 6.08. The number of hydroxylamine groups is 1. The van der Waals surface area contributed by atoms with Gasteiger partial charge in [0.15, 0.2) is 5.82 Å². The van der Waals surface area contributed by atoms with Gasteiger partial charge < -0.3 is 15.4 Å². The Morgan fingerprint density at radius 1 is 1.29 bits per heavy atom. The average molecular weight is 241 g/mol. The zero-order valence-corrected chi connectivity index (χ0v) is 10.6. The van der Waals surface area contributed by atoms with Gasteiger partial charge in [-0.05, 0) is 13.8 Å². The van der Waals surface area contributed by atoms with Crippen LogP contribution in [0.15, 0.2) is 0 Å². The summed E-state index contributed by atoms with van der Waals surface area (Å²) in [7, 11) is 3.61. The lowest BCUT2D eigenvalue weighted by atomic mass is 10.4. The molecule has 0 unspecified atom stereocenters. The molecule has 3 N–H and O–H groups in total. The quantitative estimate of drug-likeness (QED) is 0.735. The van der Waals surface area contributed by atoms with Gasteiger partial charge in [0.25, 0.3) is 0 Å². The van der Waals surface area contributed by atoms with Crippen molar-refractivity contribution in [3.05, 3.63) is 0 Å². The lowest BCUT2D eigenvalue weighted by Gasteiger charge is -2.20. The molecular formula is C10H19N5O2. The molecule has 1 aromatic rings. The van der Waals surface area contributed by atoms with Crippen LogP contribution in [0.3, 0.4) is 0 Å².